The van der Waals surface area contributed by atoms with Gasteiger partial charge in [-0.2, -0.15) is 0 Å². The maximum Gasteiger partial charge on any atom is 0.238 e. The maximum atomic E-state index is 12.9. The summed E-state index contributed by atoms with van der Waals surface area (Å²) in [7, 11) is 1.87. The topological polar surface area (TPSA) is 52.6 Å². The third kappa shape index (κ3) is 6.09. The summed E-state index contributed by atoms with van der Waals surface area (Å²) < 4.78 is 12.9. The molecule has 0 spiro atoms. The van der Waals surface area contributed by atoms with Crippen molar-refractivity contribution in [3.05, 3.63) is 30.1 Å². The van der Waals surface area contributed by atoms with Crippen LogP contribution >= 0.6 is 0 Å². The van der Waals surface area contributed by atoms with Gasteiger partial charge in [0.25, 0.3) is 0 Å². The van der Waals surface area contributed by atoms with Gasteiger partial charge in [-0.05, 0) is 56.1 Å². The molecule has 0 radical (unpaired) electrons. The van der Waals surface area contributed by atoms with E-state index < -0.39 is 0 Å². The Morgan fingerprint density at radius 3 is 2.31 bits per heavy atom. The molecular weight excluding hydrogens is 333 g/mol. The first-order valence-corrected chi connectivity index (χ1v) is 9.18. The fourth-order valence-electron chi connectivity index (χ4n) is 3.31. The fraction of sp³-hybridized carbons (Fsp3) is 0.600. The number of anilines is 1. The summed E-state index contributed by atoms with van der Waals surface area (Å²) in [6, 6.07) is 5.77. The highest BCUT2D eigenvalue weighted by Crippen LogP contribution is 2.22. The largest absolute Gasteiger partial charge is 0.345 e. The van der Waals surface area contributed by atoms with Crippen molar-refractivity contribution >= 4 is 17.5 Å². The van der Waals surface area contributed by atoms with E-state index in [1.807, 2.05) is 32.7 Å². The van der Waals surface area contributed by atoms with E-state index in [-0.39, 0.29) is 23.0 Å². The summed E-state index contributed by atoms with van der Waals surface area (Å²) in [6.45, 7) is 8.61. The molecule has 0 aromatic heterocycles. The first-order chi connectivity index (χ1) is 12.1. The number of piperidine rings is 1. The van der Waals surface area contributed by atoms with Crippen LogP contribution in [0.2, 0.25) is 0 Å². The molecule has 1 heterocycles. The van der Waals surface area contributed by atoms with Crippen LogP contribution in [0.3, 0.4) is 0 Å². The van der Waals surface area contributed by atoms with E-state index in [2.05, 4.69) is 10.2 Å². The van der Waals surface area contributed by atoms with Crippen LogP contribution in [0.5, 0.6) is 0 Å². The van der Waals surface area contributed by atoms with Gasteiger partial charge in [-0.1, -0.05) is 20.8 Å². The molecule has 144 valence electrons. The molecule has 1 aliphatic rings. The number of likely N-dealkylation sites (tertiary alicyclic amines) is 1. The lowest BCUT2D eigenvalue weighted by Gasteiger charge is -2.35. The van der Waals surface area contributed by atoms with Gasteiger partial charge < -0.3 is 10.2 Å². The third-order valence-electron chi connectivity index (χ3n) is 4.72. The smallest absolute Gasteiger partial charge is 0.238 e. The Balaban J connectivity index is 1.73. The number of hydrogen-bond acceptors (Lipinski definition) is 3. The summed E-state index contributed by atoms with van der Waals surface area (Å²) in [5.74, 6) is 0.233. The Morgan fingerprint density at radius 2 is 1.77 bits per heavy atom. The minimum absolute atomic E-state index is 0.0879. The average Bonchev–Trinajstić information content (AvgIpc) is 2.57. The minimum Gasteiger partial charge on any atom is -0.345 e. The zero-order chi connectivity index (χ0) is 19.3. The minimum atomic E-state index is -0.353. The normalized spacial score (nSPS) is 16.3. The van der Waals surface area contributed by atoms with Crippen LogP contribution < -0.4 is 5.32 Å². The monoisotopic (exact) mass is 363 g/mol. The molecule has 0 saturated carbocycles. The molecule has 1 aliphatic heterocycles. The number of benzene rings is 1. The molecule has 5 nitrogen and oxygen atoms in total. The highest BCUT2D eigenvalue weighted by molar-refractivity contribution is 5.92. The molecular formula is C20H30FN3O2. The van der Waals surface area contributed by atoms with Crippen molar-refractivity contribution in [3.63, 3.8) is 0 Å². The zero-order valence-electron chi connectivity index (χ0n) is 16.2. The SMILES string of the molecule is CN(CC1CCN(CC(=O)Nc2ccc(F)cc2)CC1)C(=O)C(C)(C)C. The summed E-state index contributed by atoms with van der Waals surface area (Å²) in [6.07, 6.45) is 1.96. The lowest BCUT2D eigenvalue weighted by molar-refractivity contribution is -0.138. The van der Waals surface area contributed by atoms with Crippen molar-refractivity contribution in [2.45, 2.75) is 33.6 Å². The molecule has 0 atom stereocenters. The Kier molecular flexibility index (Phi) is 6.75. The second kappa shape index (κ2) is 8.62. The number of carbonyl (C=O) groups is 2. The quantitative estimate of drug-likeness (QED) is 0.875. The Morgan fingerprint density at radius 1 is 1.19 bits per heavy atom. The first kappa shape index (κ1) is 20.4. The van der Waals surface area contributed by atoms with Crippen LogP contribution in [-0.2, 0) is 9.59 Å². The van der Waals surface area contributed by atoms with Gasteiger partial charge in [-0.15, -0.1) is 0 Å². The van der Waals surface area contributed by atoms with Crippen LogP contribution in [0.4, 0.5) is 10.1 Å². The summed E-state index contributed by atoms with van der Waals surface area (Å²) in [5, 5.41) is 2.79. The number of hydrogen-bond donors (Lipinski definition) is 1. The van der Waals surface area contributed by atoms with Crippen molar-refractivity contribution < 1.29 is 14.0 Å². The van der Waals surface area contributed by atoms with Gasteiger partial charge in [0.1, 0.15) is 5.82 Å². The van der Waals surface area contributed by atoms with Gasteiger partial charge in [0.15, 0.2) is 0 Å². The molecule has 1 aromatic carbocycles. The highest BCUT2D eigenvalue weighted by atomic mass is 19.1. The van der Waals surface area contributed by atoms with E-state index in [0.29, 0.717) is 18.2 Å². The molecule has 1 saturated heterocycles. The van der Waals surface area contributed by atoms with Crippen LogP contribution in [0.25, 0.3) is 0 Å². The second-order valence-electron chi connectivity index (χ2n) is 8.21. The Hall–Kier alpha value is -1.95. The van der Waals surface area contributed by atoms with E-state index in [4.69, 9.17) is 0 Å². The average molecular weight is 363 g/mol. The fourth-order valence-corrected chi connectivity index (χ4v) is 3.31. The molecule has 1 N–H and O–H groups in total. The predicted octanol–water partition coefficient (Wildman–Crippen LogP) is 2.98. The molecule has 6 heteroatoms. The van der Waals surface area contributed by atoms with E-state index in [1.165, 1.54) is 12.1 Å². The first-order valence-electron chi connectivity index (χ1n) is 9.18. The van der Waals surface area contributed by atoms with Crippen LogP contribution in [0.1, 0.15) is 33.6 Å². The lowest BCUT2D eigenvalue weighted by Crippen LogP contribution is -2.44. The van der Waals surface area contributed by atoms with Crippen molar-refractivity contribution in [2.75, 3.05) is 38.5 Å². The van der Waals surface area contributed by atoms with Gasteiger partial charge in [0.2, 0.25) is 11.8 Å². The number of carbonyl (C=O) groups excluding carboxylic acids is 2. The summed E-state index contributed by atoms with van der Waals surface area (Å²) in [4.78, 5) is 28.4. The Labute approximate surface area is 155 Å². The number of rotatable bonds is 5. The molecule has 2 amide bonds. The van der Waals surface area contributed by atoms with Crippen LogP contribution in [0, 0.1) is 17.2 Å². The molecule has 26 heavy (non-hydrogen) atoms. The highest BCUT2D eigenvalue weighted by Gasteiger charge is 2.28. The predicted molar refractivity (Wildman–Crippen MR) is 101 cm³/mol. The second-order valence-corrected chi connectivity index (χ2v) is 8.21. The maximum absolute atomic E-state index is 12.9. The van der Waals surface area contributed by atoms with Crippen molar-refractivity contribution in [2.24, 2.45) is 11.3 Å². The zero-order valence-corrected chi connectivity index (χ0v) is 16.2. The molecule has 0 bridgehead atoms. The molecule has 2 rings (SSSR count). The van der Waals surface area contributed by atoms with E-state index in [0.717, 1.165) is 32.5 Å². The van der Waals surface area contributed by atoms with E-state index >= 15 is 0 Å². The van der Waals surface area contributed by atoms with Gasteiger partial charge >= 0.3 is 0 Å². The van der Waals surface area contributed by atoms with Crippen molar-refractivity contribution in [3.8, 4) is 0 Å². The number of halogens is 1. The van der Waals surface area contributed by atoms with Crippen molar-refractivity contribution in [1.29, 1.82) is 0 Å². The van der Waals surface area contributed by atoms with Crippen LogP contribution in [0.15, 0.2) is 24.3 Å². The molecule has 1 fully saturated rings. The molecule has 0 aliphatic carbocycles. The molecule has 1 aromatic rings. The van der Waals surface area contributed by atoms with Crippen LogP contribution in [-0.4, -0.2) is 54.8 Å². The summed E-state index contributed by atoms with van der Waals surface area (Å²) >= 11 is 0. The van der Waals surface area contributed by atoms with Crippen molar-refractivity contribution in [1.82, 2.24) is 9.80 Å². The van der Waals surface area contributed by atoms with E-state index in [9.17, 15) is 14.0 Å². The van der Waals surface area contributed by atoms with Gasteiger partial charge in [0.05, 0.1) is 6.54 Å². The Bertz CT molecular complexity index is 617. The summed E-state index contributed by atoms with van der Waals surface area (Å²) in [5.41, 5.74) is 0.252. The third-order valence-corrected chi connectivity index (χ3v) is 4.72. The van der Waals surface area contributed by atoms with Gasteiger partial charge in [0, 0.05) is 24.7 Å². The van der Waals surface area contributed by atoms with E-state index in [1.54, 1.807) is 12.1 Å². The number of amides is 2. The lowest BCUT2D eigenvalue weighted by atomic mass is 9.92. The standard InChI is InChI=1S/C20H30FN3O2/c1-20(2,3)19(26)23(4)13-15-9-11-24(12-10-15)14-18(25)22-17-7-5-16(21)6-8-17/h5-8,15H,9-14H2,1-4H3,(H,22,25). The molecule has 0 unspecified atom stereocenters. The van der Waals surface area contributed by atoms with Gasteiger partial charge in [-0.25, -0.2) is 4.39 Å². The number of nitrogens with one attached hydrogen (secondary N) is 1. The number of nitrogens with zero attached hydrogens (tertiary/aromatic N) is 2. The van der Waals surface area contributed by atoms with Gasteiger partial charge in [-0.3, -0.25) is 14.5 Å².